The summed E-state index contributed by atoms with van der Waals surface area (Å²) in [5, 5.41) is 7.45. The molecule has 1 heterocycles. The fourth-order valence-electron chi connectivity index (χ4n) is 2.01. The molecule has 7 heteroatoms. The first kappa shape index (κ1) is 20.4. The molecule has 0 saturated heterocycles. The van der Waals surface area contributed by atoms with Gasteiger partial charge < -0.3 is 15.4 Å². The van der Waals surface area contributed by atoms with Crippen molar-refractivity contribution in [2.24, 2.45) is 10.9 Å². The smallest absolute Gasteiger partial charge is 0.350 e. The lowest BCUT2D eigenvalue weighted by Crippen LogP contribution is -2.38. The number of guanidine groups is 1. The predicted molar refractivity (Wildman–Crippen MR) is 99.8 cm³/mol. The minimum absolute atomic E-state index is 0.0336. The second kappa shape index (κ2) is 10.3. The van der Waals surface area contributed by atoms with Crippen molar-refractivity contribution in [2.75, 3.05) is 19.7 Å². The first-order valence-electron chi connectivity index (χ1n) is 8.58. The van der Waals surface area contributed by atoms with Gasteiger partial charge in [0.15, 0.2) is 5.96 Å². The minimum atomic E-state index is -0.302. The highest BCUT2D eigenvalue weighted by atomic mass is 32.1. The Balaban J connectivity index is 2.78. The number of aliphatic imine (C=N–C) groups is 1. The van der Waals surface area contributed by atoms with Crippen LogP contribution >= 0.6 is 11.3 Å². The Morgan fingerprint density at radius 2 is 2.04 bits per heavy atom. The molecule has 0 bridgehead atoms. The van der Waals surface area contributed by atoms with Crippen molar-refractivity contribution in [3.05, 3.63) is 15.6 Å². The summed E-state index contributed by atoms with van der Waals surface area (Å²) >= 11 is 1.37. The Hall–Kier alpha value is -1.63. The maximum atomic E-state index is 11.9. The van der Waals surface area contributed by atoms with Gasteiger partial charge in [0, 0.05) is 13.1 Å². The fourth-order valence-corrected chi connectivity index (χ4v) is 2.97. The lowest BCUT2D eigenvalue weighted by atomic mass is 10.1. The Bertz CT molecular complexity index is 555. The molecule has 6 nitrogen and oxygen atoms in total. The minimum Gasteiger partial charge on any atom is -0.462 e. The summed E-state index contributed by atoms with van der Waals surface area (Å²) in [5.41, 5.74) is 0.712. The molecule has 1 unspecified atom stereocenters. The average Bonchev–Trinajstić information content (AvgIpc) is 2.89. The predicted octanol–water partition coefficient (Wildman–Crippen LogP) is 3.29. The zero-order chi connectivity index (χ0) is 18.1. The zero-order valence-corrected chi connectivity index (χ0v) is 16.4. The fraction of sp³-hybridized carbons (Fsp3) is 0.706. The van der Waals surface area contributed by atoms with Gasteiger partial charge in [0.2, 0.25) is 0 Å². The Labute approximate surface area is 149 Å². The van der Waals surface area contributed by atoms with Gasteiger partial charge >= 0.3 is 5.97 Å². The molecule has 0 spiro atoms. The second-order valence-corrected chi connectivity index (χ2v) is 7.03. The summed E-state index contributed by atoms with van der Waals surface area (Å²) in [4.78, 5) is 21.6. The van der Waals surface area contributed by atoms with Gasteiger partial charge in [-0.15, -0.1) is 11.3 Å². The molecule has 0 aromatic carbocycles. The van der Waals surface area contributed by atoms with E-state index in [1.807, 2.05) is 20.8 Å². The third kappa shape index (κ3) is 6.47. The lowest BCUT2D eigenvalue weighted by molar-refractivity contribution is 0.0531. The van der Waals surface area contributed by atoms with Crippen molar-refractivity contribution in [3.8, 4) is 0 Å². The van der Waals surface area contributed by atoms with E-state index < -0.39 is 0 Å². The molecule has 1 aromatic heterocycles. The number of carbonyl (C=O) groups excluding carboxylic acids is 1. The maximum absolute atomic E-state index is 11.9. The van der Waals surface area contributed by atoms with Gasteiger partial charge in [0.1, 0.15) is 9.88 Å². The van der Waals surface area contributed by atoms with Crippen molar-refractivity contribution in [3.63, 3.8) is 0 Å². The highest BCUT2D eigenvalue weighted by Crippen LogP contribution is 2.24. The average molecular weight is 355 g/mol. The third-order valence-corrected chi connectivity index (χ3v) is 4.64. The van der Waals surface area contributed by atoms with E-state index in [0.29, 0.717) is 23.1 Å². The van der Waals surface area contributed by atoms with E-state index in [1.54, 1.807) is 6.92 Å². The van der Waals surface area contributed by atoms with Crippen LogP contribution in [0.15, 0.2) is 4.99 Å². The van der Waals surface area contributed by atoms with Crippen molar-refractivity contribution < 1.29 is 9.53 Å². The van der Waals surface area contributed by atoms with Crippen LogP contribution < -0.4 is 10.6 Å². The second-order valence-electron chi connectivity index (χ2n) is 6.00. The lowest BCUT2D eigenvalue weighted by Gasteiger charge is -2.16. The van der Waals surface area contributed by atoms with Crippen LogP contribution in [0.2, 0.25) is 0 Å². The number of carbonyl (C=O) groups is 1. The number of ether oxygens (including phenoxy) is 1. The summed E-state index contributed by atoms with van der Waals surface area (Å²) in [6.45, 7) is 14.0. The molecule has 2 N–H and O–H groups in total. The van der Waals surface area contributed by atoms with Crippen LogP contribution in [0.3, 0.4) is 0 Å². The van der Waals surface area contributed by atoms with Crippen LogP contribution in [0.4, 0.5) is 0 Å². The van der Waals surface area contributed by atoms with E-state index >= 15 is 0 Å². The number of rotatable bonds is 8. The molecule has 24 heavy (non-hydrogen) atoms. The highest BCUT2D eigenvalue weighted by Gasteiger charge is 2.20. The summed E-state index contributed by atoms with van der Waals surface area (Å²) in [7, 11) is 0. The number of hydrogen-bond donors (Lipinski definition) is 2. The number of thiazole rings is 1. The van der Waals surface area contributed by atoms with Crippen molar-refractivity contribution >= 4 is 23.3 Å². The molecule has 1 aromatic rings. The summed E-state index contributed by atoms with van der Waals surface area (Å²) in [5.74, 6) is 1.10. The van der Waals surface area contributed by atoms with E-state index in [1.165, 1.54) is 11.3 Å². The quantitative estimate of drug-likeness (QED) is 0.426. The van der Waals surface area contributed by atoms with E-state index in [-0.39, 0.29) is 12.0 Å². The van der Waals surface area contributed by atoms with Crippen LogP contribution in [0.5, 0.6) is 0 Å². The molecular weight excluding hydrogens is 324 g/mol. The maximum Gasteiger partial charge on any atom is 0.350 e. The van der Waals surface area contributed by atoms with E-state index in [4.69, 9.17) is 4.74 Å². The molecule has 0 saturated carbocycles. The molecule has 0 radical (unpaired) electrons. The third-order valence-electron chi connectivity index (χ3n) is 3.32. The molecule has 0 amide bonds. The Morgan fingerprint density at radius 3 is 2.62 bits per heavy atom. The molecule has 1 rings (SSSR count). The summed E-state index contributed by atoms with van der Waals surface area (Å²) in [6.07, 6.45) is 1.05. The van der Waals surface area contributed by atoms with Gasteiger partial charge in [-0.25, -0.2) is 9.78 Å². The number of aromatic nitrogens is 1. The Kier molecular flexibility index (Phi) is 8.74. The molecule has 0 aliphatic rings. The van der Waals surface area contributed by atoms with Gasteiger partial charge in [0.05, 0.1) is 18.3 Å². The summed E-state index contributed by atoms with van der Waals surface area (Å²) in [6, 6.07) is -0.0336. The number of aryl methyl sites for hydroxylation is 1. The normalized spacial score (nSPS) is 13.0. The standard InChI is InChI=1S/C17H30N4O2S/c1-7-18-17(19-10-9-11(3)4)21-13(6)15-20-12(5)14(24-15)16(22)23-8-2/h11,13H,7-10H2,1-6H3,(H2,18,19,21). The molecule has 0 aliphatic heterocycles. The topological polar surface area (TPSA) is 75.6 Å². The first-order chi connectivity index (χ1) is 11.4. The molecule has 0 aliphatic carbocycles. The molecular formula is C17H30N4O2S. The molecule has 136 valence electrons. The van der Waals surface area contributed by atoms with Crippen molar-refractivity contribution in [1.82, 2.24) is 15.6 Å². The van der Waals surface area contributed by atoms with Crippen molar-refractivity contribution in [2.45, 2.75) is 54.0 Å². The number of nitrogens with zero attached hydrogens (tertiary/aromatic N) is 2. The van der Waals surface area contributed by atoms with Gasteiger partial charge in [-0.2, -0.15) is 0 Å². The van der Waals surface area contributed by atoms with E-state index in [0.717, 1.165) is 30.5 Å². The van der Waals surface area contributed by atoms with Crippen LogP contribution in [0.1, 0.15) is 67.5 Å². The van der Waals surface area contributed by atoms with E-state index in [2.05, 4.69) is 34.5 Å². The van der Waals surface area contributed by atoms with Crippen LogP contribution in [0.25, 0.3) is 0 Å². The van der Waals surface area contributed by atoms with Gasteiger partial charge in [0.25, 0.3) is 0 Å². The SMILES string of the molecule is CCNC(=NCCC(C)C)NC(C)c1nc(C)c(C(=O)OCC)s1. The van der Waals surface area contributed by atoms with E-state index in [9.17, 15) is 4.79 Å². The largest absolute Gasteiger partial charge is 0.462 e. The number of nitrogens with one attached hydrogen (secondary N) is 2. The van der Waals surface area contributed by atoms with Gasteiger partial charge in [-0.05, 0) is 40.0 Å². The van der Waals surface area contributed by atoms with Gasteiger partial charge in [-0.1, -0.05) is 13.8 Å². The molecule has 0 fully saturated rings. The highest BCUT2D eigenvalue weighted by molar-refractivity contribution is 7.13. The number of hydrogen-bond acceptors (Lipinski definition) is 5. The first-order valence-corrected chi connectivity index (χ1v) is 9.39. The monoisotopic (exact) mass is 354 g/mol. The van der Waals surface area contributed by atoms with Crippen molar-refractivity contribution in [1.29, 1.82) is 0 Å². The number of esters is 1. The Morgan fingerprint density at radius 1 is 1.33 bits per heavy atom. The molecule has 1 atom stereocenters. The van der Waals surface area contributed by atoms with Crippen LogP contribution in [-0.4, -0.2) is 36.6 Å². The van der Waals surface area contributed by atoms with Crippen LogP contribution in [-0.2, 0) is 4.74 Å². The summed E-state index contributed by atoms with van der Waals surface area (Å²) < 4.78 is 5.07. The van der Waals surface area contributed by atoms with Crippen LogP contribution in [0, 0.1) is 12.8 Å². The van der Waals surface area contributed by atoms with Gasteiger partial charge in [-0.3, -0.25) is 4.99 Å². The zero-order valence-electron chi connectivity index (χ0n) is 15.6.